The number of rotatable bonds is 10. The minimum Gasteiger partial charge on any atom is -0.392 e. The largest absolute Gasteiger partial charge is 0.392 e. The number of aliphatic hydroxyl groups is 1. The Kier molecular flexibility index (Phi) is 8.76. The summed E-state index contributed by atoms with van der Waals surface area (Å²) >= 11 is 0. The minimum absolute atomic E-state index is 0.217. The molecule has 1 fully saturated rings. The van der Waals surface area contributed by atoms with E-state index in [1.807, 2.05) is 4.90 Å². The van der Waals surface area contributed by atoms with Gasteiger partial charge in [0.1, 0.15) is 0 Å². The third kappa shape index (κ3) is 6.34. The lowest BCUT2D eigenvalue weighted by atomic mass is 9.88. The van der Waals surface area contributed by atoms with Gasteiger partial charge in [0.15, 0.2) is 0 Å². The molecular weight excluding hydrogens is 394 g/mol. The summed E-state index contributed by atoms with van der Waals surface area (Å²) in [6.07, 6.45) is 13.4. The summed E-state index contributed by atoms with van der Waals surface area (Å²) in [5.74, 6) is 1.59. The molecule has 3 rings (SSSR count). The maximum absolute atomic E-state index is 12.6. The highest BCUT2D eigenvalue weighted by atomic mass is 16.3. The third-order valence-corrected chi connectivity index (χ3v) is 7.28. The zero-order chi connectivity index (χ0) is 23.3. The molecule has 2 aliphatic rings. The first-order valence-corrected chi connectivity index (χ1v) is 12.7. The standard InChI is InChI=1S/C29H43NO2/c1-20(2)30(21(3)4)29(32)15-9-13-24-17-25-19-28(31)26(27(25)18-24)14-7-6-11-23-12-8-10-22(5)16-23/h7-8,10,12,14,16-17,20-21,25-28,31H,6,9,11,13,15,18-19H2,1-5H3/b14-7+/t25-,26+,27-,28+/m0/s1. The van der Waals surface area contributed by atoms with Gasteiger partial charge in [0.25, 0.3) is 0 Å². The van der Waals surface area contributed by atoms with Crippen molar-refractivity contribution in [3.05, 3.63) is 59.2 Å². The Morgan fingerprint density at radius 3 is 2.62 bits per heavy atom. The average molecular weight is 438 g/mol. The molecule has 176 valence electrons. The number of allylic oxidation sites excluding steroid dienone is 3. The Balaban J connectivity index is 1.45. The van der Waals surface area contributed by atoms with Gasteiger partial charge < -0.3 is 10.0 Å². The molecule has 0 saturated heterocycles. The van der Waals surface area contributed by atoms with Crippen LogP contribution in [0.1, 0.15) is 77.3 Å². The van der Waals surface area contributed by atoms with Gasteiger partial charge in [-0.15, -0.1) is 0 Å². The van der Waals surface area contributed by atoms with Crippen molar-refractivity contribution >= 4 is 5.91 Å². The number of fused-ring (bicyclic) bond motifs is 1. The maximum Gasteiger partial charge on any atom is 0.223 e. The van der Waals surface area contributed by atoms with Crippen LogP contribution in [-0.4, -0.2) is 34.1 Å². The van der Waals surface area contributed by atoms with Crippen LogP contribution < -0.4 is 0 Å². The highest BCUT2D eigenvalue weighted by molar-refractivity contribution is 5.76. The molecule has 0 aliphatic heterocycles. The second kappa shape index (κ2) is 11.3. The molecular formula is C29H43NO2. The molecule has 32 heavy (non-hydrogen) atoms. The maximum atomic E-state index is 12.6. The molecule has 0 spiro atoms. The van der Waals surface area contributed by atoms with E-state index in [1.165, 1.54) is 16.7 Å². The SMILES string of the molecule is Cc1cccc(CC/C=C/[C@@H]2[C@H]3CC(CCCC(=O)N(C(C)C)C(C)C)=C[C@H]3C[C@H]2O)c1. The van der Waals surface area contributed by atoms with Gasteiger partial charge in [-0.1, -0.05) is 53.6 Å². The van der Waals surface area contributed by atoms with Crippen molar-refractivity contribution in [1.29, 1.82) is 0 Å². The fourth-order valence-corrected chi connectivity index (χ4v) is 5.93. The van der Waals surface area contributed by atoms with Crippen LogP contribution in [0.25, 0.3) is 0 Å². The topological polar surface area (TPSA) is 40.5 Å². The first-order valence-electron chi connectivity index (χ1n) is 12.7. The van der Waals surface area contributed by atoms with Crippen LogP contribution in [0, 0.1) is 24.7 Å². The molecule has 1 aromatic rings. The molecule has 3 heteroatoms. The quantitative estimate of drug-likeness (QED) is 0.440. The van der Waals surface area contributed by atoms with Gasteiger partial charge in [-0.05, 0) is 90.5 Å². The highest BCUT2D eigenvalue weighted by Crippen LogP contribution is 2.48. The molecule has 3 nitrogen and oxygen atoms in total. The molecule has 0 heterocycles. The molecule has 2 aliphatic carbocycles. The predicted molar refractivity (Wildman–Crippen MR) is 133 cm³/mol. The lowest BCUT2D eigenvalue weighted by molar-refractivity contribution is -0.134. The van der Waals surface area contributed by atoms with Crippen LogP contribution >= 0.6 is 0 Å². The fourth-order valence-electron chi connectivity index (χ4n) is 5.93. The van der Waals surface area contributed by atoms with E-state index in [2.05, 4.69) is 77.1 Å². The van der Waals surface area contributed by atoms with Crippen LogP contribution in [0.5, 0.6) is 0 Å². The Bertz CT molecular complexity index is 814. The zero-order valence-electron chi connectivity index (χ0n) is 20.8. The molecule has 1 aromatic carbocycles. The van der Waals surface area contributed by atoms with Crippen LogP contribution in [-0.2, 0) is 11.2 Å². The minimum atomic E-state index is -0.217. The number of hydrogen-bond acceptors (Lipinski definition) is 2. The number of carbonyl (C=O) groups excluding carboxylic acids is 1. The first-order chi connectivity index (χ1) is 15.3. The van der Waals surface area contributed by atoms with E-state index in [4.69, 9.17) is 0 Å². The van der Waals surface area contributed by atoms with Crippen LogP contribution in [0.15, 0.2) is 48.1 Å². The van der Waals surface area contributed by atoms with E-state index < -0.39 is 0 Å². The highest BCUT2D eigenvalue weighted by Gasteiger charge is 2.43. The van der Waals surface area contributed by atoms with Crippen LogP contribution in [0.4, 0.5) is 0 Å². The molecule has 0 unspecified atom stereocenters. The summed E-state index contributed by atoms with van der Waals surface area (Å²) in [5, 5.41) is 10.6. The first kappa shape index (κ1) is 24.8. The van der Waals surface area contributed by atoms with E-state index in [1.54, 1.807) is 0 Å². The molecule has 0 radical (unpaired) electrons. The number of amides is 1. The third-order valence-electron chi connectivity index (χ3n) is 7.28. The van der Waals surface area contributed by atoms with Crippen molar-refractivity contribution in [1.82, 2.24) is 4.90 Å². The number of carbonyl (C=O) groups is 1. The van der Waals surface area contributed by atoms with Gasteiger partial charge in [0.05, 0.1) is 6.10 Å². The Morgan fingerprint density at radius 2 is 1.94 bits per heavy atom. The number of aryl methyl sites for hydroxylation is 2. The van der Waals surface area contributed by atoms with Crippen LogP contribution in [0.2, 0.25) is 0 Å². The van der Waals surface area contributed by atoms with E-state index in [-0.39, 0.29) is 30.0 Å². The van der Waals surface area contributed by atoms with Gasteiger partial charge in [0, 0.05) is 24.4 Å². The van der Waals surface area contributed by atoms with Crippen molar-refractivity contribution in [3.8, 4) is 0 Å². The number of hydrogen-bond donors (Lipinski definition) is 1. The smallest absolute Gasteiger partial charge is 0.223 e. The van der Waals surface area contributed by atoms with Gasteiger partial charge >= 0.3 is 0 Å². The Morgan fingerprint density at radius 1 is 1.19 bits per heavy atom. The van der Waals surface area contributed by atoms with Crippen molar-refractivity contribution in [3.63, 3.8) is 0 Å². The number of aliphatic hydroxyl groups excluding tert-OH is 1. The molecule has 0 bridgehead atoms. The van der Waals surface area contributed by atoms with Crippen molar-refractivity contribution in [2.75, 3.05) is 0 Å². The summed E-state index contributed by atoms with van der Waals surface area (Å²) in [6, 6.07) is 9.23. The average Bonchev–Trinajstić information content (AvgIpc) is 3.21. The number of nitrogens with zero attached hydrogens (tertiary/aromatic N) is 1. The summed E-state index contributed by atoms with van der Waals surface area (Å²) in [6.45, 7) is 10.5. The summed E-state index contributed by atoms with van der Waals surface area (Å²) < 4.78 is 0. The summed E-state index contributed by atoms with van der Waals surface area (Å²) in [4.78, 5) is 14.6. The second-order valence-electron chi connectivity index (χ2n) is 10.5. The lowest BCUT2D eigenvalue weighted by Gasteiger charge is -2.31. The van der Waals surface area contributed by atoms with Gasteiger partial charge in [-0.2, -0.15) is 0 Å². The normalized spacial score (nSPS) is 25.1. The zero-order valence-corrected chi connectivity index (χ0v) is 20.8. The second-order valence-corrected chi connectivity index (χ2v) is 10.5. The summed E-state index contributed by atoms with van der Waals surface area (Å²) in [5.41, 5.74) is 4.19. The number of benzene rings is 1. The molecule has 1 N–H and O–H groups in total. The fraction of sp³-hybridized carbons (Fsp3) is 0.621. The summed E-state index contributed by atoms with van der Waals surface area (Å²) in [7, 11) is 0. The van der Waals surface area contributed by atoms with E-state index >= 15 is 0 Å². The monoisotopic (exact) mass is 437 g/mol. The van der Waals surface area contributed by atoms with Crippen molar-refractivity contribution in [2.45, 2.75) is 97.8 Å². The van der Waals surface area contributed by atoms with Crippen molar-refractivity contribution in [2.24, 2.45) is 17.8 Å². The van der Waals surface area contributed by atoms with Gasteiger partial charge in [-0.3, -0.25) is 4.79 Å². The van der Waals surface area contributed by atoms with Crippen LogP contribution in [0.3, 0.4) is 0 Å². The Hall–Kier alpha value is -1.87. The van der Waals surface area contributed by atoms with E-state index in [9.17, 15) is 9.90 Å². The Labute approximate surface area is 195 Å². The van der Waals surface area contributed by atoms with Crippen molar-refractivity contribution < 1.29 is 9.90 Å². The lowest BCUT2D eigenvalue weighted by Crippen LogP contribution is -2.41. The molecule has 0 aromatic heterocycles. The molecule has 1 saturated carbocycles. The van der Waals surface area contributed by atoms with Gasteiger partial charge in [-0.25, -0.2) is 0 Å². The van der Waals surface area contributed by atoms with E-state index in [0.29, 0.717) is 18.3 Å². The van der Waals surface area contributed by atoms with E-state index in [0.717, 1.165) is 38.5 Å². The van der Waals surface area contributed by atoms with Gasteiger partial charge in [0.2, 0.25) is 5.91 Å². The molecule has 1 amide bonds. The predicted octanol–water partition coefficient (Wildman–Crippen LogP) is 6.24. The molecule has 4 atom stereocenters.